The Morgan fingerprint density at radius 3 is 2.25 bits per heavy atom. The minimum Gasteiger partial charge on any atom is -0.318 e. The molecule has 4 nitrogen and oxygen atoms in total. The number of carbonyl (C=O) groups excluding carboxylic acids is 2. The Labute approximate surface area is 102 Å². The lowest BCUT2D eigenvalue weighted by Crippen LogP contribution is -2.40. The van der Waals surface area contributed by atoms with Crippen LogP contribution < -0.4 is 0 Å². The maximum atomic E-state index is 11.7. The van der Waals surface area contributed by atoms with Crippen LogP contribution in [0.25, 0.3) is 0 Å². The van der Waals surface area contributed by atoms with E-state index in [9.17, 15) is 9.59 Å². The lowest BCUT2D eigenvalue weighted by molar-refractivity contribution is -0.125. The largest absolute Gasteiger partial charge is 0.326 e. The van der Waals surface area contributed by atoms with E-state index in [1.54, 1.807) is 7.05 Å². The second-order valence-corrected chi connectivity index (χ2v) is 5.75. The maximum absolute atomic E-state index is 11.7. The minimum absolute atomic E-state index is 0.0451. The zero-order chi connectivity index (χ0) is 12.5. The predicted molar refractivity (Wildman–Crippen MR) is 66.5 cm³/mol. The van der Waals surface area contributed by atoms with Gasteiger partial charge in [0, 0.05) is 13.6 Å². The molecule has 1 unspecified atom stereocenters. The molecule has 0 bridgehead atoms. The molecule has 16 heavy (non-hydrogen) atoms. The molecule has 1 saturated heterocycles. The maximum Gasteiger partial charge on any atom is 0.326 e. The second kappa shape index (κ2) is 4.65. The lowest BCUT2D eigenvalue weighted by Gasteiger charge is -2.31. The number of thiol groups is 1. The first kappa shape index (κ1) is 13.4. The van der Waals surface area contributed by atoms with Crippen LogP contribution in [0.4, 0.5) is 4.79 Å². The van der Waals surface area contributed by atoms with Gasteiger partial charge in [-0.1, -0.05) is 20.8 Å². The number of rotatable bonds is 3. The van der Waals surface area contributed by atoms with E-state index in [2.05, 4.69) is 33.4 Å². The number of imide groups is 1. The van der Waals surface area contributed by atoms with E-state index in [1.165, 1.54) is 9.80 Å². The summed E-state index contributed by atoms with van der Waals surface area (Å²) in [5.41, 5.74) is 0.0451. The van der Waals surface area contributed by atoms with Crippen LogP contribution in [0.15, 0.2) is 0 Å². The fourth-order valence-corrected chi connectivity index (χ4v) is 2.34. The van der Waals surface area contributed by atoms with Gasteiger partial charge in [0.25, 0.3) is 0 Å². The molecule has 0 aromatic carbocycles. The molecule has 0 radical (unpaired) electrons. The Morgan fingerprint density at radius 1 is 1.38 bits per heavy atom. The van der Waals surface area contributed by atoms with Gasteiger partial charge >= 0.3 is 6.03 Å². The summed E-state index contributed by atoms with van der Waals surface area (Å²) in [7, 11) is 1.65. The van der Waals surface area contributed by atoms with Crippen LogP contribution in [0, 0.1) is 11.3 Å². The average Bonchev–Trinajstić information content (AvgIpc) is 2.37. The summed E-state index contributed by atoms with van der Waals surface area (Å²) in [6, 6.07) is -0.193. The van der Waals surface area contributed by atoms with E-state index in [0.29, 0.717) is 12.3 Å². The highest BCUT2D eigenvalue weighted by molar-refractivity contribution is 7.80. The molecule has 0 N–H and O–H groups in total. The van der Waals surface area contributed by atoms with Gasteiger partial charge in [-0.2, -0.15) is 12.6 Å². The molecule has 1 atom stereocenters. The molecule has 1 fully saturated rings. The standard InChI is InChI=1S/C11H20N2O2S/c1-11(2,3)8(7-16)5-13-9(14)6-12(4)10(13)15/h8,16H,5-7H2,1-4H3. The van der Waals surface area contributed by atoms with Crippen LogP contribution in [-0.4, -0.2) is 47.6 Å². The van der Waals surface area contributed by atoms with E-state index < -0.39 is 0 Å². The third-order valence-corrected chi connectivity index (χ3v) is 3.52. The van der Waals surface area contributed by atoms with E-state index in [1.807, 2.05) is 0 Å². The van der Waals surface area contributed by atoms with Crippen molar-refractivity contribution in [3.05, 3.63) is 0 Å². The first-order valence-corrected chi connectivity index (χ1v) is 6.07. The number of hydrogen-bond donors (Lipinski definition) is 1. The quantitative estimate of drug-likeness (QED) is 0.603. The van der Waals surface area contributed by atoms with Gasteiger partial charge in [-0.15, -0.1) is 0 Å². The van der Waals surface area contributed by atoms with Crippen molar-refractivity contribution >= 4 is 24.6 Å². The molecule has 0 saturated carbocycles. The predicted octanol–water partition coefficient (Wildman–Crippen LogP) is 1.47. The first-order chi connectivity index (χ1) is 7.27. The van der Waals surface area contributed by atoms with E-state index in [4.69, 9.17) is 0 Å². The number of amides is 3. The zero-order valence-electron chi connectivity index (χ0n) is 10.4. The monoisotopic (exact) mass is 244 g/mol. The fourth-order valence-electron chi connectivity index (χ4n) is 1.67. The van der Waals surface area contributed by atoms with Crippen LogP contribution in [0.1, 0.15) is 20.8 Å². The molecule has 0 aliphatic carbocycles. The summed E-state index contributed by atoms with van der Waals surface area (Å²) in [6.45, 7) is 6.96. The molecular weight excluding hydrogens is 224 g/mol. The normalized spacial score (nSPS) is 19.6. The van der Waals surface area contributed by atoms with Gasteiger partial charge in [-0.25, -0.2) is 4.79 Å². The summed E-state index contributed by atoms with van der Waals surface area (Å²) in [5.74, 6) is 0.781. The van der Waals surface area contributed by atoms with Crippen molar-refractivity contribution in [2.75, 3.05) is 25.9 Å². The van der Waals surface area contributed by atoms with Gasteiger partial charge in [-0.05, 0) is 17.1 Å². The molecule has 0 aromatic rings. The van der Waals surface area contributed by atoms with Crippen LogP contribution in [-0.2, 0) is 4.79 Å². The second-order valence-electron chi connectivity index (χ2n) is 5.39. The number of nitrogens with zero attached hydrogens (tertiary/aromatic N) is 2. The van der Waals surface area contributed by atoms with Crippen LogP contribution in [0.5, 0.6) is 0 Å². The SMILES string of the molecule is CN1CC(=O)N(CC(CS)C(C)(C)C)C1=O. The summed E-state index contributed by atoms with van der Waals surface area (Å²) >= 11 is 4.30. The van der Waals surface area contributed by atoms with Crippen molar-refractivity contribution in [1.82, 2.24) is 9.80 Å². The van der Waals surface area contributed by atoms with Gasteiger partial charge < -0.3 is 4.90 Å². The Morgan fingerprint density at radius 2 is 1.94 bits per heavy atom. The van der Waals surface area contributed by atoms with Crippen molar-refractivity contribution in [2.45, 2.75) is 20.8 Å². The fraction of sp³-hybridized carbons (Fsp3) is 0.818. The number of urea groups is 1. The van der Waals surface area contributed by atoms with Gasteiger partial charge in [0.1, 0.15) is 6.54 Å². The lowest BCUT2D eigenvalue weighted by atomic mass is 9.81. The molecule has 3 amide bonds. The van der Waals surface area contributed by atoms with Crippen molar-refractivity contribution in [1.29, 1.82) is 0 Å². The highest BCUT2D eigenvalue weighted by atomic mass is 32.1. The zero-order valence-corrected chi connectivity index (χ0v) is 11.3. The number of carbonyl (C=O) groups is 2. The first-order valence-electron chi connectivity index (χ1n) is 5.43. The van der Waals surface area contributed by atoms with Crippen molar-refractivity contribution in [3.8, 4) is 0 Å². The van der Waals surface area contributed by atoms with Gasteiger partial charge in [0.05, 0.1) is 0 Å². The molecule has 92 valence electrons. The molecule has 0 aromatic heterocycles. The molecule has 1 rings (SSSR count). The van der Waals surface area contributed by atoms with Crippen molar-refractivity contribution in [2.24, 2.45) is 11.3 Å². The van der Waals surface area contributed by atoms with Crippen LogP contribution in [0.3, 0.4) is 0 Å². The third-order valence-electron chi connectivity index (χ3n) is 3.08. The Bertz CT molecular complexity index is 299. The van der Waals surface area contributed by atoms with Crippen LogP contribution >= 0.6 is 12.6 Å². The molecule has 0 spiro atoms. The van der Waals surface area contributed by atoms with Crippen LogP contribution in [0.2, 0.25) is 0 Å². The Balaban J connectivity index is 2.73. The summed E-state index contributed by atoms with van der Waals surface area (Å²) in [4.78, 5) is 26.1. The minimum atomic E-state index is -0.193. The number of hydrogen-bond acceptors (Lipinski definition) is 3. The van der Waals surface area contributed by atoms with Crippen molar-refractivity contribution in [3.63, 3.8) is 0 Å². The molecular formula is C11H20N2O2S. The molecule has 1 aliphatic heterocycles. The highest BCUT2D eigenvalue weighted by Gasteiger charge is 2.37. The molecule has 1 aliphatic rings. The Hall–Kier alpha value is -0.710. The highest BCUT2D eigenvalue weighted by Crippen LogP contribution is 2.28. The smallest absolute Gasteiger partial charge is 0.318 e. The van der Waals surface area contributed by atoms with E-state index in [0.717, 1.165) is 0 Å². The molecule has 1 heterocycles. The summed E-state index contributed by atoms with van der Waals surface area (Å²) in [5, 5.41) is 0. The third kappa shape index (κ3) is 2.70. The van der Waals surface area contributed by atoms with E-state index >= 15 is 0 Å². The van der Waals surface area contributed by atoms with Gasteiger partial charge in [0.2, 0.25) is 5.91 Å². The Kier molecular flexibility index (Phi) is 3.88. The topological polar surface area (TPSA) is 40.6 Å². The summed E-state index contributed by atoms with van der Waals surface area (Å²) in [6.07, 6.45) is 0. The van der Waals surface area contributed by atoms with Gasteiger partial charge in [-0.3, -0.25) is 9.69 Å². The van der Waals surface area contributed by atoms with E-state index in [-0.39, 0.29) is 29.8 Å². The summed E-state index contributed by atoms with van der Waals surface area (Å²) < 4.78 is 0. The average molecular weight is 244 g/mol. The number of likely N-dealkylation sites (N-methyl/N-ethyl adjacent to an activating group) is 1. The molecule has 5 heteroatoms. The van der Waals surface area contributed by atoms with Crippen molar-refractivity contribution < 1.29 is 9.59 Å². The van der Waals surface area contributed by atoms with Gasteiger partial charge in [0.15, 0.2) is 0 Å².